The number of carboxylic acids is 1. The van der Waals surface area contributed by atoms with Crippen LogP contribution >= 0.6 is 11.6 Å². The van der Waals surface area contributed by atoms with E-state index in [2.05, 4.69) is 0 Å². The first-order valence-electron chi connectivity index (χ1n) is 5.33. The Balaban J connectivity index is 2.64. The van der Waals surface area contributed by atoms with Crippen LogP contribution in [0.4, 0.5) is 5.69 Å². The van der Waals surface area contributed by atoms with Gasteiger partial charge in [0.15, 0.2) is 0 Å². The zero-order chi connectivity index (χ0) is 14.6. The second-order valence-corrected chi connectivity index (χ2v) is 4.60. The van der Waals surface area contributed by atoms with Gasteiger partial charge in [0, 0.05) is 18.6 Å². The van der Waals surface area contributed by atoms with Crippen LogP contribution in [-0.4, -0.2) is 28.1 Å². The summed E-state index contributed by atoms with van der Waals surface area (Å²) in [5, 5.41) is 19.4. The van der Waals surface area contributed by atoms with E-state index in [4.69, 9.17) is 27.2 Å². The maximum Gasteiger partial charge on any atom is 0.323 e. The number of rotatable bonds is 6. The Bertz CT molecular complexity index is 504. The van der Waals surface area contributed by atoms with Gasteiger partial charge in [0.25, 0.3) is 5.69 Å². The van der Waals surface area contributed by atoms with Crippen LogP contribution in [0.15, 0.2) is 18.2 Å². The monoisotopic (exact) mass is 288 g/mol. The third-order valence-electron chi connectivity index (χ3n) is 2.49. The highest BCUT2D eigenvalue weighted by Gasteiger charge is 2.27. The maximum atomic E-state index is 10.8. The molecule has 1 rings (SSSR count). The van der Waals surface area contributed by atoms with E-state index >= 15 is 0 Å². The largest absolute Gasteiger partial charge is 0.492 e. The van der Waals surface area contributed by atoms with Crippen molar-refractivity contribution < 1.29 is 19.6 Å². The molecular weight excluding hydrogens is 276 g/mol. The molecule has 0 aliphatic carbocycles. The van der Waals surface area contributed by atoms with Crippen molar-refractivity contribution in [1.29, 1.82) is 0 Å². The second kappa shape index (κ2) is 5.85. The van der Waals surface area contributed by atoms with Gasteiger partial charge in [-0.15, -0.1) is 0 Å². The third kappa shape index (κ3) is 4.08. The number of hydrogen-bond acceptors (Lipinski definition) is 5. The number of benzene rings is 1. The minimum Gasteiger partial charge on any atom is -0.492 e. The van der Waals surface area contributed by atoms with Crippen molar-refractivity contribution in [2.24, 2.45) is 5.73 Å². The van der Waals surface area contributed by atoms with Crippen LogP contribution < -0.4 is 10.5 Å². The summed E-state index contributed by atoms with van der Waals surface area (Å²) >= 11 is 5.81. The summed E-state index contributed by atoms with van der Waals surface area (Å²) in [6.45, 7) is 1.41. The molecule has 19 heavy (non-hydrogen) atoms. The number of carbonyl (C=O) groups is 1. The number of nitrogens with zero attached hydrogens (tertiary/aromatic N) is 1. The van der Waals surface area contributed by atoms with Crippen LogP contribution in [0, 0.1) is 10.1 Å². The Morgan fingerprint density at radius 2 is 2.26 bits per heavy atom. The van der Waals surface area contributed by atoms with Crippen LogP contribution in [0.25, 0.3) is 0 Å². The van der Waals surface area contributed by atoms with Crippen molar-refractivity contribution >= 4 is 23.3 Å². The van der Waals surface area contributed by atoms with E-state index in [-0.39, 0.29) is 29.5 Å². The maximum absolute atomic E-state index is 10.8. The molecular formula is C11H13ClN2O5. The van der Waals surface area contributed by atoms with Gasteiger partial charge in [-0.1, -0.05) is 11.6 Å². The highest BCUT2D eigenvalue weighted by atomic mass is 35.5. The highest BCUT2D eigenvalue weighted by Crippen LogP contribution is 2.28. The van der Waals surface area contributed by atoms with Crippen LogP contribution in [0.1, 0.15) is 13.3 Å². The van der Waals surface area contributed by atoms with Gasteiger partial charge in [-0.3, -0.25) is 14.9 Å². The Hall–Kier alpha value is -1.86. The van der Waals surface area contributed by atoms with Gasteiger partial charge in [0.05, 0.1) is 16.6 Å². The SMILES string of the molecule is CC(N)(CCOc1ccc([N+](=O)[O-])cc1Cl)C(=O)O. The van der Waals surface area contributed by atoms with Crippen LogP contribution in [0.3, 0.4) is 0 Å². The minimum absolute atomic E-state index is 0.0385. The van der Waals surface area contributed by atoms with Gasteiger partial charge in [-0.25, -0.2) is 0 Å². The Kier molecular flexibility index (Phi) is 4.68. The second-order valence-electron chi connectivity index (χ2n) is 4.19. The van der Waals surface area contributed by atoms with Crippen molar-refractivity contribution in [2.45, 2.75) is 18.9 Å². The lowest BCUT2D eigenvalue weighted by atomic mass is 10.0. The Morgan fingerprint density at radius 3 is 2.74 bits per heavy atom. The smallest absolute Gasteiger partial charge is 0.323 e. The molecule has 1 unspecified atom stereocenters. The predicted molar refractivity (Wildman–Crippen MR) is 68.4 cm³/mol. The average molecular weight is 289 g/mol. The summed E-state index contributed by atoms with van der Waals surface area (Å²) in [6, 6.07) is 3.77. The zero-order valence-corrected chi connectivity index (χ0v) is 10.9. The molecule has 1 atom stereocenters. The summed E-state index contributed by atoms with van der Waals surface area (Å²) in [7, 11) is 0. The van der Waals surface area contributed by atoms with Crippen LogP contribution in [0.5, 0.6) is 5.75 Å². The zero-order valence-electron chi connectivity index (χ0n) is 10.1. The van der Waals surface area contributed by atoms with Crippen molar-refractivity contribution in [3.63, 3.8) is 0 Å². The standard InChI is InChI=1S/C11H13ClN2O5/c1-11(13,10(15)16)4-5-19-9-3-2-7(14(17)18)6-8(9)12/h2-3,6H,4-5,13H2,1H3,(H,15,16). The van der Waals surface area contributed by atoms with Crippen LogP contribution in [-0.2, 0) is 4.79 Å². The number of nitro groups is 1. The van der Waals surface area contributed by atoms with E-state index in [1.54, 1.807) is 0 Å². The number of carboxylic acid groups (broad SMARTS) is 1. The molecule has 7 nitrogen and oxygen atoms in total. The molecule has 0 spiro atoms. The van der Waals surface area contributed by atoms with Crippen molar-refractivity contribution in [3.8, 4) is 5.75 Å². The van der Waals surface area contributed by atoms with Gasteiger partial charge in [0.2, 0.25) is 0 Å². The van der Waals surface area contributed by atoms with Gasteiger partial charge in [-0.2, -0.15) is 0 Å². The average Bonchev–Trinajstić information content (AvgIpc) is 2.30. The molecule has 0 aromatic heterocycles. The number of aliphatic carboxylic acids is 1. The topological polar surface area (TPSA) is 116 Å². The van der Waals surface area contributed by atoms with Crippen molar-refractivity contribution in [1.82, 2.24) is 0 Å². The molecule has 8 heteroatoms. The van der Waals surface area contributed by atoms with E-state index in [9.17, 15) is 14.9 Å². The van der Waals surface area contributed by atoms with E-state index in [0.717, 1.165) is 6.07 Å². The van der Waals surface area contributed by atoms with E-state index < -0.39 is 16.4 Å². The molecule has 3 N–H and O–H groups in total. The molecule has 1 aromatic rings. The van der Waals surface area contributed by atoms with Crippen molar-refractivity contribution in [3.05, 3.63) is 33.3 Å². The quantitative estimate of drug-likeness (QED) is 0.609. The molecule has 1 aromatic carbocycles. The molecule has 0 heterocycles. The molecule has 0 amide bonds. The molecule has 0 bridgehead atoms. The summed E-state index contributed by atoms with van der Waals surface area (Å²) in [6.07, 6.45) is 0.0790. The number of ether oxygens (including phenoxy) is 1. The lowest BCUT2D eigenvalue weighted by Crippen LogP contribution is -2.45. The number of halogens is 1. The lowest BCUT2D eigenvalue weighted by Gasteiger charge is -2.19. The molecule has 0 aliphatic rings. The summed E-state index contributed by atoms with van der Waals surface area (Å²) < 4.78 is 5.26. The fourth-order valence-electron chi connectivity index (χ4n) is 1.20. The van der Waals surface area contributed by atoms with Crippen LogP contribution in [0.2, 0.25) is 5.02 Å². The first-order chi connectivity index (χ1) is 8.74. The summed E-state index contributed by atoms with van der Waals surface area (Å²) in [5.74, 6) is -0.889. The molecule has 0 aliphatic heterocycles. The molecule has 0 saturated carbocycles. The van der Waals surface area contributed by atoms with Crippen molar-refractivity contribution in [2.75, 3.05) is 6.61 Å². The van der Waals surface area contributed by atoms with E-state index in [0.29, 0.717) is 0 Å². The summed E-state index contributed by atoms with van der Waals surface area (Å²) in [4.78, 5) is 20.7. The molecule has 0 radical (unpaired) electrons. The van der Waals surface area contributed by atoms with Gasteiger partial charge in [-0.05, 0) is 13.0 Å². The summed E-state index contributed by atoms with van der Waals surface area (Å²) in [5.41, 5.74) is 3.98. The number of non-ortho nitro benzene ring substituents is 1. The lowest BCUT2D eigenvalue weighted by molar-refractivity contribution is -0.384. The van der Waals surface area contributed by atoms with E-state index in [1.165, 1.54) is 19.1 Å². The molecule has 104 valence electrons. The fraction of sp³-hybridized carbons (Fsp3) is 0.364. The Labute approximate surface area is 114 Å². The van der Waals surface area contributed by atoms with E-state index in [1.807, 2.05) is 0 Å². The third-order valence-corrected chi connectivity index (χ3v) is 2.79. The first kappa shape index (κ1) is 15.2. The first-order valence-corrected chi connectivity index (χ1v) is 5.71. The van der Waals surface area contributed by atoms with Gasteiger partial charge < -0.3 is 15.6 Å². The molecule has 0 fully saturated rings. The number of nitro benzene ring substituents is 1. The Morgan fingerprint density at radius 1 is 1.63 bits per heavy atom. The molecule has 0 saturated heterocycles. The predicted octanol–water partition coefficient (Wildman–Crippen LogP) is 1.82. The number of hydrogen-bond donors (Lipinski definition) is 2. The van der Waals surface area contributed by atoms with Gasteiger partial charge >= 0.3 is 5.97 Å². The normalized spacial score (nSPS) is 13.6. The minimum atomic E-state index is -1.40. The number of nitrogens with two attached hydrogens (primary N) is 1. The fourth-order valence-corrected chi connectivity index (χ4v) is 1.43. The highest BCUT2D eigenvalue weighted by molar-refractivity contribution is 6.32. The van der Waals surface area contributed by atoms with Gasteiger partial charge in [0.1, 0.15) is 11.3 Å².